The number of benzene rings is 1. The molecular weight excluding hydrogens is 261 g/mol. The SMILES string of the molecule is CCCCC(CC)CC(CNC1CC1)c1ccccc1F. The molecule has 1 aliphatic carbocycles. The number of rotatable bonds is 10. The van der Waals surface area contributed by atoms with E-state index in [1.807, 2.05) is 12.1 Å². The van der Waals surface area contributed by atoms with E-state index in [2.05, 4.69) is 19.2 Å². The van der Waals surface area contributed by atoms with Crippen molar-refractivity contribution in [2.45, 2.75) is 70.8 Å². The Kier molecular flexibility index (Phi) is 6.69. The highest BCUT2D eigenvalue weighted by Gasteiger charge is 2.25. The van der Waals surface area contributed by atoms with Crippen LogP contribution >= 0.6 is 0 Å². The molecule has 1 aliphatic rings. The largest absolute Gasteiger partial charge is 0.313 e. The Morgan fingerprint density at radius 2 is 2.00 bits per heavy atom. The van der Waals surface area contributed by atoms with E-state index in [4.69, 9.17) is 0 Å². The number of hydrogen-bond acceptors (Lipinski definition) is 1. The van der Waals surface area contributed by atoms with Crippen LogP contribution in [0.1, 0.15) is 70.3 Å². The topological polar surface area (TPSA) is 12.0 Å². The number of hydrogen-bond donors (Lipinski definition) is 1. The van der Waals surface area contributed by atoms with Gasteiger partial charge in [0, 0.05) is 12.6 Å². The van der Waals surface area contributed by atoms with E-state index in [1.54, 1.807) is 12.1 Å². The minimum absolute atomic E-state index is 0.0366. The lowest BCUT2D eigenvalue weighted by Crippen LogP contribution is -2.25. The van der Waals surface area contributed by atoms with Crippen molar-refractivity contribution in [1.82, 2.24) is 5.32 Å². The molecule has 0 saturated heterocycles. The van der Waals surface area contributed by atoms with Crippen molar-refractivity contribution in [1.29, 1.82) is 0 Å². The summed E-state index contributed by atoms with van der Waals surface area (Å²) in [6, 6.07) is 8.02. The van der Waals surface area contributed by atoms with Crippen molar-refractivity contribution in [3.63, 3.8) is 0 Å². The normalized spacial score (nSPS) is 17.7. The van der Waals surface area contributed by atoms with Gasteiger partial charge in [0.05, 0.1) is 0 Å². The summed E-state index contributed by atoms with van der Waals surface area (Å²) in [5.74, 6) is 0.995. The van der Waals surface area contributed by atoms with Gasteiger partial charge in [-0.1, -0.05) is 57.7 Å². The number of halogens is 1. The Morgan fingerprint density at radius 3 is 2.62 bits per heavy atom. The van der Waals surface area contributed by atoms with Crippen LogP contribution in [-0.2, 0) is 0 Å². The predicted octanol–water partition coefficient (Wildman–Crippen LogP) is 5.27. The summed E-state index contributed by atoms with van der Waals surface area (Å²) in [5, 5.41) is 3.60. The van der Waals surface area contributed by atoms with Gasteiger partial charge < -0.3 is 5.32 Å². The molecule has 1 aromatic rings. The summed E-state index contributed by atoms with van der Waals surface area (Å²) in [7, 11) is 0. The van der Waals surface area contributed by atoms with Crippen LogP contribution in [0.4, 0.5) is 4.39 Å². The average molecular weight is 291 g/mol. The third-order valence-corrected chi connectivity index (χ3v) is 4.74. The summed E-state index contributed by atoms with van der Waals surface area (Å²) in [6.07, 6.45) is 8.71. The molecule has 2 heteroatoms. The first-order chi connectivity index (χ1) is 10.2. The van der Waals surface area contributed by atoms with Crippen molar-refractivity contribution >= 4 is 0 Å². The zero-order valence-electron chi connectivity index (χ0n) is 13.6. The molecule has 2 atom stereocenters. The van der Waals surface area contributed by atoms with Gasteiger partial charge in [0.25, 0.3) is 0 Å². The molecule has 2 unspecified atom stereocenters. The Morgan fingerprint density at radius 1 is 1.24 bits per heavy atom. The first-order valence-corrected chi connectivity index (χ1v) is 8.72. The molecule has 1 N–H and O–H groups in total. The molecule has 1 aromatic carbocycles. The van der Waals surface area contributed by atoms with Gasteiger partial charge in [-0.3, -0.25) is 0 Å². The van der Waals surface area contributed by atoms with Crippen molar-refractivity contribution in [3.8, 4) is 0 Å². The van der Waals surface area contributed by atoms with Crippen LogP contribution in [0.15, 0.2) is 24.3 Å². The highest BCUT2D eigenvalue weighted by atomic mass is 19.1. The van der Waals surface area contributed by atoms with Crippen LogP contribution in [0.25, 0.3) is 0 Å². The maximum Gasteiger partial charge on any atom is 0.126 e. The quantitative estimate of drug-likeness (QED) is 0.619. The highest BCUT2D eigenvalue weighted by Crippen LogP contribution is 2.30. The molecule has 0 aliphatic heterocycles. The zero-order valence-corrected chi connectivity index (χ0v) is 13.6. The van der Waals surface area contributed by atoms with Gasteiger partial charge >= 0.3 is 0 Å². The maximum absolute atomic E-state index is 14.2. The molecule has 0 spiro atoms. The molecule has 0 heterocycles. The standard InChI is InChI=1S/C19H30FN/c1-3-5-8-15(4-2)13-16(14-21-17-11-12-17)18-9-6-7-10-19(18)20/h6-7,9-10,15-17,21H,3-5,8,11-14H2,1-2H3. The van der Waals surface area contributed by atoms with Gasteiger partial charge in [-0.25, -0.2) is 4.39 Å². The van der Waals surface area contributed by atoms with Crippen LogP contribution in [-0.4, -0.2) is 12.6 Å². The molecule has 21 heavy (non-hydrogen) atoms. The van der Waals surface area contributed by atoms with E-state index < -0.39 is 0 Å². The highest BCUT2D eigenvalue weighted by molar-refractivity contribution is 5.22. The average Bonchev–Trinajstić information content (AvgIpc) is 3.32. The van der Waals surface area contributed by atoms with Gasteiger partial charge in [0.1, 0.15) is 5.82 Å². The van der Waals surface area contributed by atoms with Crippen molar-refractivity contribution in [2.75, 3.05) is 6.54 Å². The van der Waals surface area contributed by atoms with Crippen LogP contribution in [0.5, 0.6) is 0 Å². The van der Waals surface area contributed by atoms with E-state index in [0.717, 1.165) is 24.4 Å². The molecule has 0 amide bonds. The van der Waals surface area contributed by atoms with Crippen molar-refractivity contribution in [3.05, 3.63) is 35.6 Å². The van der Waals surface area contributed by atoms with Crippen LogP contribution in [0.3, 0.4) is 0 Å². The van der Waals surface area contributed by atoms with E-state index in [9.17, 15) is 4.39 Å². The second-order valence-electron chi connectivity index (χ2n) is 6.55. The third kappa shape index (κ3) is 5.43. The van der Waals surface area contributed by atoms with Gasteiger partial charge in [-0.05, 0) is 42.7 Å². The van der Waals surface area contributed by atoms with E-state index in [-0.39, 0.29) is 5.82 Å². The molecule has 0 aromatic heterocycles. The van der Waals surface area contributed by atoms with Gasteiger partial charge in [0.2, 0.25) is 0 Å². The first-order valence-electron chi connectivity index (χ1n) is 8.72. The zero-order chi connectivity index (χ0) is 15.1. The molecule has 1 saturated carbocycles. The molecule has 2 rings (SSSR count). The second-order valence-corrected chi connectivity index (χ2v) is 6.55. The first kappa shape index (κ1) is 16.5. The minimum atomic E-state index is -0.0366. The smallest absolute Gasteiger partial charge is 0.126 e. The summed E-state index contributed by atoms with van der Waals surface area (Å²) in [6.45, 7) is 5.44. The Balaban J connectivity index is 2.01. The van der Waals surface area contributed by atoms with Crippen molar-refractivity contribution < 1.29 is 4.39 Å². The lowest BCUT2D eigenvalue weighted by molar-refractivity contribution is 0.370. The molecule has 1 fully saturated rings. The Bertz CT molecular complexity index is 414. The lowest BCUT2D eigenvalue weighted by atomic mass is 9.84. The fourth-order valence-electron chi connectivity index (χ4n) is 3.11. The number of unbranched alkanes of at least 4 members (excludes halogenated alkanes) is 1. The second kappa shape index (κ2) is 8.53. The van der Waals surface area contributed by atoms with E-state index >= 15 is 0 Å². The monoisotopic (exact) mass is 291 g/mol. The van der Waals surface area contributed by atoms with Crippen LogP contribution in [0, 0.1) is 11.7 Å². The minimum Gasteiger partial charge on any atom is -0.313 e. The summed E-state index contributed by atoms with van der Waals surface area (Å²) in [4.78, 5) is 0. The fourth-order valence-corrected chi connectivity index (χ4v) is 3.11. The van der Waals surface area contributed by atoms with E-state index in [1.165, 1.54) is 38.5 Å². The van der Waals surface area contributed by atoms with E-state index in [0.29, 0.717) is 12.0 Å². The predicted molar refractivity (Wildman–Crippen MR) is 88.1 cm³/mol. The van der Waals surface area contributed by atoms with Crippen LogP contribution in [0.2, 0.25) is 0 Å². The summed E-state index contributed by atoms with van der Waals surface area (Å²) < 4.78 is 14.2. The van der Waals surface area contributed by atoms with Gasteiger partial charge in [0.15, 0.2) is 0 Å². The molecular formula is C19H30FN. The Labute approximate surface area is 129 Å². The van der Waals surface area contributed by atoms with Crippen LogP contribution < -0.4 is 5.32 Å². The number of nitrogens with one attached hydrogen (secondary N) is 1. The third-order valence-electron chi connectivity index (χ3n) is 4.74. The maximum atomic E-state index is 14.2. The van der Waals surface area contributed by atoms with Gasteiger partial charge in [-0.2, -0.15) is 0 Å². The molecule has 118 valence electrons. The molecule has 0 bridgehead atoms. The lowest BCUT2D eigenvalue weighted by Gasteiger charge is -2.24. The van der Waals surface area contributed by atoms with Crippen molar-refractivity contribution in [2.24, 2.45) is 5.92 Å². The van der Waals surface area contributed by atoms with Gasteiger partial charge in [-0.15, -0.1) is 0 Å². The Hall–Kier alpha value is -0.890. The molecule has 1 nitrogen and oxygen atoms in total. The fraction of sp³-hybridized carbons (Fsp3) is 0.684. The molecule has 0 radical (unpaired) electrons. The summed E-state index contributed by atoms with van der Waals surface area (Å²) >= 11 is 0. The summed E-state index contributed by atoms with van der Waals surface area (Å²) in [5.41, 5.74) is 0.903.